The summed E-state index contributed by atoms with van der Waals surface area (Å²) < 4.78 is 39.1. The van der Waals surface area contributed by atoms with Gasteiger partial charge in [0.2, 0.25) is 21.8 Å². The summed E-state index contributed by atoms with van der Waals surface area (Å²) in [5, 5.41) is 3.51. The van der Waals surface area contributed by atoms with Gasteiger partial charge in [-0.25, -0.2) is 12.8 Å². The minimum absolute atomic E-state index is 0.0434. The van der Waals surface area contributed by atoms with Crippen LogP contribution in [0.25, 0.3) is 0 Å². The van der Waals surface area contributed by atoms with Crippen molar-refractivity contribution >= 4 is 50.7 Å². The van der Waals surface area contributed by atoms with E-state index in [0.29, 0.717) is 22.2 Å². The molecule has 0 radical (unpaired) electrons. The molecule has 0 spiro atoms. The quantitative estimate of drug-likeness (QED) is 0.439. The molecule has 186 valence electrons. The summed E-state index contributed by atoms with van der Waals surface area (Å²) in [6.07, 6.45) is 2.62. The number of anilines is 1. The largest absolute Gasteiger partial charge is 0.354 e. The number of nitrogens with zero attached hydrogens (tertiary/aromatic N) is 2. The lowest BCUT2D eigenvalue weighted by Crippen LogP contribution is -2.51. The summed E-state index contributed by atoms with van der Waals surface area (Å²) in [6, 6.07) is 8.61. The highest BCUT2D eigenvalue weighted by Crippen LogP contribution is 2.24. The molecule has 11 heteroatoms. The van der Waals surface area contributed by atoms with E-state index in [0.717, 1.165) is 35.5 Å². The fraction of sp³-hybridized carbons (Fsp3) is 0.391. The molecule has 1 atom stereocenters. The van der Waals surface area contributed by atoms with Gasteiger partial charge in [0.25, 0.3) is 0 Å². The van der Waals surface area contributed by atoms with Crippen molar-refractivity contribution in [3.05, 3.63) is 63.9 Å². The Labute approximate surface area is 209 Å². The van der Waals surface area contributed by atoms with Crippen LogP contribution in [0.1, 0.15) is 32.3 Å². The minimum atomic E-state index is -3.89. The van der Waals surface area contributed by atoms with Gasteiger partial charge in [0, 0.05) is 23.1 Å². The molecule has 2 rings (SSSR count). The van der Waals surface area contributed by atoms with E-state index >= 15 is 0 Å². The molecule has 0 bridgehead atoms. The molecule has 0 fully saturated rings. The smallest absolute Gasteiger partial charge is 0.244 e. The normalized spacial score (nSPS) is 12.2. The SMILES string of the molecule is CCCCNC(=O)[C@H](C)N(Cc1ccc(Cl)cc1Cl)C(=O)CN(c1ccc(F)cc1)S(C)(=O)=O. The number of hydrogen-bond donors (Lipinski definition) is 1. The van der Waals surface area contributed by atoms with Crippen molar-refractivity contribution in [3.8, 4) is 0 Å². The van der Waals surface area contributed by atoms with Gasteiger partial charge in [-0.05, 0) is 55.3 Å². The topological polar surface area (TPSA) is 86.8 Å². The first kappa shape index (κ1) is 27.9. The first-order valence-electron chi connectivity index (χ1n) is 10.7. The molecule has 2 aromatic rings. The van der Waals surface area contributed by atoms with Crippen LogP contribution in [0.2, 0.25) is 10.0 Å². The van der Waals surface area contributed by atoms with E-state index in [-0.39, 0.29) is 18.1 Å². The first-order valence-corrected chi connectivity index (χ1v) is 13.3. The van der Waals surface area contributed by atoms with Crippen LogP contribution in [-0.4, -0.2) is 50.5 Å². The number of halogens is 3. The number of carbonyl (C=O) groups excluding carboxylic acids is 2. The molecule has 0 heterocycles. The van der Waals surface area contributed by atoms with E-state index < -0.39 is 34.3 Å². The van der Waals surface area contributed by atoms with Gasteiger partial charge >= 0.3 is 0 Å². The Morgan fingerprint density at radius 3 is 2.32 bits per heavy atom. The highest BCUT2D eigenvalue weighted by atomic mass is 35.5. The Balaban J connectivity index is 2.37. The monoisotopic (exact) mass is 531 g/mol. The Morgan fingerprint density at radius 2 is 1.76 bits per heavy atom. The lowest BCUT2D eigenvalue weighted by molar-refractivity contribution is -0.139. The average molecular weight is 532 g/mol. The number of hydrogen-bond acceptors (Lipinski definition) is 4. The van der Waals surface area contributed by atoms with Crippen molar-refractivity contribution in [1.82, 2.24) is 10.2 Å². The van der Waals surface area contributed by atoms with Crippen LogP contribution < -0.4 is 9.62 Å². The number of sulfonamides is 1. The van der Waals surface area contributed by atoms with Crippen LogP contribution in [0.4, 0.5) is 10.1 Å². The molecule has 0 aromatic heterocycles. The zero-order valence-corrected chi connectivity index (χ0v) is 21.6. The molecular formula is C23H28Cl2FN3O4S. The molecule has 2 amide bonds. The molecule has 0 aliphatic heterocycles. The molecule has 7 nitrogen and oxygen atoms in total. The minimum Gasteiger partial charge on any atom is -0.354 e. The zero-order chi connectivity index (χ0) is 25.5. The van der Waals surface area contributed by atoms with Gasteiger partial charge < -0.3 is 10.2 Å². The molecule has 34 heavy (non-hydrogen) atoms. The third-order valence-electron chi connectivity index (χ3n) is 5.15. The van der Waals surface area contributed by atoms with Crippen LogP contribution in [0, 0.1) is 5.82 Å². The molecule has 0 unspecified atom stereocenters. The molecule has 0 saturated heterocycles. The highest BCUT2D eigenvalue weighted by Gasteiger charge is 2.30. The molecule has 0 aliphatic carbocycles. The summed E-state index contributed by atoms with van der Waals surface area (Å²) in [7, 11) is -3.89. The van der Waals surface area contributed by atoms with Gasteiger partial charge in [0.1, 0.15) is 18.4 Å². The molecular weight excluding hydrogens is 504 g/mol. The van der Waals surface area contributed by atoms with E-state index in [9.17, 15) is 22.4 Å². The van der Waals surface area contributed by atoms with Crippen molar-refractivity contribution in [3.63, 3.8) is 0 Å². The third kappa shape index (κ3) is 7.85. The standard InChI is InChI=1S/C23H28Cl2FN3O4S/c1-4-5-12-27-23(31)16(2)28(14-17-6-7-18(24)13-21(17)25)22(30)15-29(34(3,32)33)20-10-8-19(26)9-11-20/h6-11,13,16H,4-5,12,14-15H2,1-3H3,(H,27,31)/t16-/m0/s1. The summed E-state index contributed by atoms with van der Waals surface area (Å²) >= 11 is 12.3. The predicted molar refractivity (Wildman–Crippen MR) is 133 cm³/mol. The Hall–Kier alpha value is -2.36. The second-order valence-electron chi connectivity index (χ2n) is 7.82. The van der Waals surface area contributed by atoms with Crippen LogP contribution in [0.3, 0.4) is 0 Å². The van der Waals surface area contributed by atoms with Gasteiger partial charge in [-0.2, -0.15) is 0 Å². The second kappa shape index (κ2) is 12.4. The molecule has 1 N–H and O–H groups in total. The maximum absolute atomic E-state index is 13.4. The molecule has 0 saturated carbocycles. The number of carbonyl (C=O) groups is 2. The summed E-state index contributed by atoms with van der Waals surface area (Å²) in [6.45, 7) is 3.38. The third-order valence-corrected chi connectivity index (χ3v) is 6.87. The van der Waals surface area contributed by atoms with Crippen LogP contribution in [0.15, 0.2) is 42.5 Å². The zero-order valence-electron chi connectivity index (χ0n) is 19.2. The summed E-state index contributed by atoms with van der Waals surface area (Å²) in [4.78, 5) is 27.4. The fourth-order valence-corrected chi connectivity index (χ4v) is 4.49. The maximum Gasteiger partial charge on any atom is 0.244 e. The van der Waals surface area contributed by atoms with Gasteiger partial charge in [-0.3, -0.25) is 13.9 Å². The van der Waals surface area contributed by atoms with Crippen molar-refractivity contribution in [2.24, 2.45) is 0 Å². The second-order valence-corrected chi connectivity index (χ2v) is 10.6. The van der Waals surface area contributed by atoms with E-state index in [1.807, 2.05) is 6.92 Å². The van der Waals surface area contributed by atoms with Gasteiger partial charge in [-0.15, -0.1) is 0 Å². The van der Waals surface area contributed by atoms with E-state index in [2.05, 4.69) is 5.32 Å². The van der Waals surface area contributed by atoms with Crippen molar-refractivity contribution in [2.75, 3.05) is 23.7 Å². The van der Waals surface area contributed by atoms with Gasteiger partial charge in [-0.1, -0.05) is 42.6 Å². The van der Waals surface area contributed by atoms with Crippen LogP contribution in [-0.2, 0) is 26.2 Å². The summed E-state index contributed by atoms with van der Waals surface area (Å²) in [5.41, 5.74) is 0.669. The number of unbranched alkanes of at least 4 members (excludes halogenated alkanes) is 1. The molecule has 2 aromatic carbocycles. The lowest BCUT2D eigenvalue weighted by Gasteiger charge is -2.31. The van der Waals surface area contributed by atoms with Crippen molar-refractivity contribution in [1.29, 1.82) is 0 Å². The number of amides is 2. The van der Waals surface area contributed by atoms with E-state index in [4.69, 9.17) is 23.2 Å². The predicted octanol–water partition coefficient (Wildman–Crippen LogP) is 4.23. The van der Waals surface area contributed by atoms with Gasteiger partial charge in [0.15, 0.2) is 0 Å². The van der Waals surface area contributed by atoms with E-state index in [1.165, 1.54) is 23.1 Å². The number of nitrogens with one attached hydrogen (secondary N) is 1. The average Bonchev–Trinajstić information content (AvgIpc) is 2.76. The molecule has 0 aliphatic rings. The fourth-order valence-electron chi connectivity index (χ4n) is 3.17. The summed E-state index contributed by atoms with van der Waals surface area (Å²) in [5.74, 6) is -1.54. The number of rotatable bonds is 11. The van der Waals surface area contributed by atoms with Crippen LogP contribution in [0.5, 0.6) is 0 Å². The van der Waals surface area contributed by atoms with E-state index in [1.54, 1.807) is 19.1 Å². The van der Waals surface area contributed by atoms with Crippen LogP contribution >= 0.6 is 23.2 Å². The first-order chi connectivity index (χ1) is 15.9. The maximum atomic E-state index is 13.4. The Kier molecular flexibility index (Phi) is 10.1. The van der Waals surface area contributed by atoms with Crippen molar-refractivity contribution < 1.29 is 22.4 Å². The highest BCUT2D eigenvalue weighted by molar-refractivity contribution is 7.92. The number of benzene rings is 2. The lowest BCUT2D eigenvalue weighted by atomic mass is 10.1. The van der Waals surface area contributed by atoms with Gasteiger partial charge in [0.05, 0.1) is 11.9 Å². The Morgan fingerprint density at radius 1 is 1.12 bits per heavy atom. The van der Waals surface area contributed by atoms with Crippen molar-refractivity contribution in [2.45, 2.75) is 39.3 Å². The Bertz CT molecular complexity index is 1110.